The molecule has 0 saturated carbocycles. The Morgan fingerprint density at radius 3 is 2.08 bits per heavy atom. The molecule has 49 heavy (non-hydrogen) atoms. The van der Waals surface area contributed by atoms with Crippen molar-refractivity contribution in [3.05, 3.63) is 170 Å². The van der Waals surface area contributed by atoms with Crippen molar-refractivity contribution in [3.8, 4) is 22.6 Å². The van der Waals surface area contributed by atoms with Gasteiger partial charge < -0.3 is 13.7 Å². The van der Waals surface area contributed by atoms with Gasteiger partial charge in [0.1, 0.15) is 16.7 Å². The van der Waals surface area contributed by atoms with E-state index in [9.17, 15) is 0 Å². The maximum absolute atomic E-state index is 6.61. The molecule has 0 bridgehead atoms. The molecule has 0 fully saturated rings. The first-order chi connectivity index (χ1) is 24.3. The fraction of sp³-hybridized carbons (Fsp3) is 0. The monoisotopic (exact) mass is 628 g/mol. The number of para-hydroxylation sites is 1. The van der Waals surface area contributed by atoms with Gasteiger partial charge in [0.05, 0.1) is 5.69 Å². The highest BCUT2D eigenvalue weighted by Crippen LogP contribution is 2.44. The third kappa shape index (κ3) is 4.49. The lowest BCUT2D eigenvalue weighted by atomic mass is 10.0. The van der Waals surface area contributed by atoms with E-state index in [1.54, 1.807) is 0 Å². The van der Waals surface area contributed by atoms with Crippen molar-refractivity contribution in [2.75, 3.05) is 4.90 Å². The molecule has 0 aliphatic heterocycles. The number of fused-ring (bicyclic) bond motifs is 7. The van der Waals surface area contributed by atoms with E-state index in [4.69, 9.17) is 13.8 Å². The fourth-order valence-corrected chi connectivity index (χ4v) is 7.18. The molecule has 0 N–H and O–H groups in total. The Labute approximate surface area is 282 Å². The van der Waals surface area contributed by atoms with Gasteiger partial charge in [0.15, 0.2) is 5.58 Å². The van der Waals surface area contributed by atoms with E-state index < -0.39 is 0 Å². The van der Waals surface area contributed by atoms with Crippen molar-refractivity contribution in [1.29, 1.82) is 0 Å². The first-order valence-corrected chi connectivity index (χ1v) is 16.5. The predicted molar refractivity (Wildman–Crippen MR) is 202 cm³/mol. The number of benzene rings is 8. The third-order valence-electron chi connectivity index (χ3n) is 9.47. The van der Waals surface area contributed by atoms with Gasteiger partial charge in [-0.25, -0.2) is 4.98 Å². The van der Waals surface area contributed by atoms with Gasteiger partial charge in [-0.2, -0.15) is 0 Å². The summed E-state index contributed by atoms with van der Waals surface area (Å²) in [4.78, 5) is 7.27. The molecule has 2 aromatic heterocycles. The van der Waals surface area contributed by atoms with Crippen LogP contribution < -0.4 is 4.90 Å². The van der Waals surface area contributed by atoms with Gasteiger partial charge in [-0.3, -0.25) is 0 Å². The molecule has 0 unspecified atom stereocenters. The Morgan fingerprint density at radius 2 is 1.16 bits per heavy atom. The Balaban J connectivity index is 1.17. The lowest BCUT2D eigenvalue weighted by Gasteiger charge is -2.28. The molecule has 0 aliphatic carbocycles. The van der Waals surface area contributed by atoms with Crippen LogP contribution in [0, 0.1) is 0 Å². The minimum absolute atomic E-state index is 0.582. The standard InChI is InChI=1S/C45H28N2O2/c1-2-12-30(13-3-1)35-16-8-9-19-40(35)47(33-23-21-29-11-4-5-15-32(29)27-33)34-24-25-37-42(28-34)48-41-20-10-18-38(43(37)41)45-46-39-26-22-31-14-6-7-17-36(31)44(39)49-45/h1-28H. The molecule has 0 saturated heterocycles. The Bertz CT molecular complexity index is 2850. The van der Waals surface area contributed by atoms with Crippen LogP contribution in [0.5, 0.6) is 0 Å². The van der Waals surface area contributed by atoms with Gasteiger partial charge in [0.25, 0.3) is 0 Å². The van der Waals surface area contributed by atoms with Crippen molar-refractivity contribution in [1.82, 2.24) is 4.98 Å². The highest BCUT2D eigenvalue weighted by Gasteiger charge is 2.21. The van der Waals surface area contributed by atoms with E-state index in [1.165, 1.54) is 10.8 Å². The first-order valence-electron chi connectivity index (χ1n) is 16.5. The molecule has 230 valence electrons. The summed E-state index contributed by atoms with van der Waals surface area (Å²) in [5.74, 6) is 0.582. The van der Waals surface area contributed by atoms with Crippen molar-refractivity contribution < 1.29 is 8.83 Å². The SMILES string of the molecule is c1ccc(-c2ccccc2N(c2ccc3ccccc3c2)c2ccc3c(c2)oc2cccc(-c4nc5ccc6ccccc6c5o4)c23)cc1. The summed E-state index contributed by atoms with van der Waals surface area (Å²) in [6, 6.07) is 59.2. The Hall–Kier alpha value is -6.65. The highest BCUT2D eigenvalue weighted by atomic mass is 16.3. The van der Waals surface area contributed by atoms with Gasteiger partial charge in [-0.15, -0.1) is 0 Å². The van der Waals surface area contributed by atoms with Crippen LogP contribution in [-0.2, 0) is 0 Å². The molecule has 10 rings (SSSR count). The summed E-state index contributed by atoms with van der Waals surface area (Å²) in [7, 11) is 0. The number of furan rings is 1. The summed E-state index contributed by atoms with van der Waals surface area (Å²) in [5, 5.41) is 6.56. The van der Waals surface area contributed by atoms with Gasteiger partial charge in [0, 0.05) is 44.7 Å². The molecule has 0 atom stereocenters. The summed E-state index contributed by atoms with van der Waals surface area (Å²) in [5.41, 5.74) is 9.58. The Kier molecular flexibility index (Phi) is 6.15. The average Bonchev–Trinajstić information content (AvgIpc) is 3.77. The number of anilines is 3. The minimum Gasteiger partial charge on any atom is -0.456 e. The van der Waals surface area contributed by atoms with Crippen LogP contribution in [0.2, 0.25) is 0 Å². The van der Waals surface area contributed by atoms with E-state index in [1.807, 2.05) is 30.3 Å². The molecule has 0 aliphatic rings. The number of aromatic nitrogens is 1. The van der Waals surface area contributed by atoms with E-state index in [2.05, 4.69) is 144 Å². The molecule has 8 aromatic carbocycles. The van der Waals surface area contributed by atoms with Crippen LogP contribution in [0.25, 0.3) is 77.2 Å². The molecule has 0 amide bonds. The van der Waals surface area contributed by atoms with Crippen LogP contribution in [0.15, 0.2) is 179 Å². The predicted octanol–water partition coefficient (Wildman–Crippen LogP) is 12.8. The molecule has 4 nitrogen and oxygen atoms in total. The van der Waals surface area contributed by atoms with E-state index >= 15 is 0 Å². The molecule has 2 heterocycles. The largest absolute Gasteiger partial charge is 0.456 e. The van der Waals surface area contributed by atoms with Crippen LogP contribution in [0.3, 0.4) is 0 Å². The Morgan fingerprint density at radius 1 is 0.449 bits per heavy atom. The number of rotatable bonds is 5. The lowest BCUT2D eigenvalue weighted by Crippen LogP contribution is -2.11. The lowest BCUT2D eigenvalue weighted by molar-refractivity contribution is 0.623. The molecule has 0 radical (unpaired) electrons. The van der Waals surface area contributed by atoms with E-state index in [-0.39, 0.29) is 0 Å². The molecular formula is C45H28N2O2. The van der Waals surface area contributed by atoms with Gasteiger partial charge in [-0.1, -0.05) is 115 Å². The van der Waals surface area contributed by atoms with Gasteiger partial charge >= 0.3 is 0 Å². The molecule has 10 aromatic rings. The zero-order chi connectivity index (χ0) is 32.3. The van der Waals surface area contributed by atoms with Crippen LogP contribution >= 0.6 is 0 Å². The normalized spacial score (nSPS) is 11.7. The smallest absolute Gasteiger partial charge is 0.228 e. The second kappa shape index (κ2) is 11.0. The van der Waals surface area contributed by atoms with Crippen molar-refractivity contribution in [2.45, 2.75) is 0 Å². The number of nitrogens with zero attached hydrogens (tertiary/aromatic N) is 2. The highest BCUT2D eigenvalue weighted by molar-refractivity contribution is 6.13. The number of hydrogen-bond donors (Lipinski definition) is 0. The topological polar surface area (TPSA) is 42.4 Å². The maximum Gasteiger partial charge on any atom is 0.228 e. The van der Waals surface area contributed by atoms with Crippen molar-refractivity contribution in [3.63, 3.8) is 0 Å². The zero-order valence-corrected chi connectivity index (χ0v) is 26.4. The second-order valence-electron chi connectivity index (χ2n) is 12.4. The fourth-order valence-electron chi connectivity index (χ4n) is 7.18. The molecular weight excluding hydrogens is 601 g/mol. The third-order valence-corrected chi connectivity index (χ3v) is 9.47. The summed E-state index contributed by atoms with van der Waals surface area (Å²) in [6.07, 6.45) is 0. The maximum atomic E-state index is 6.61. The van der Waals surface area contributed by atoms with Crippen molar-refractivity contribution >= 4 is 71.6 Å². The van der Waals surface area contributed by atoms with Crippen LogP contribution in [-0.4, -0.2) is 4.98 Å². The van der Waals surface area contributed by atoms with Crippen molar-refractivity contribution in [2.24, 2.45) is 0 Å². The zero-order valence-electron chi connectivity index (χ0n) is 26.4. The van der Waals surface area contributed by atoms with E-state index in [0.29, 0.717) is 5.89 Å². The van der Waals surface area contributed by atoms with E-state index in [0.717, 1.165) is 77.6 Å². The second-order valence-corrected chi connectivity index (χ2v) is 12.4. The first kappa shape index (κ1) is 27.5. The van der Waals surface area contributed by atoms with Gasteiger partial charge in [-0.05, 0) is 70.3 Å². The summed E-state index contributed by atoms with van der Waals surface area (Å²) >= 11 is 0. The molecule has 0 spiro atoms. The number of hydrogen-bond acceptors (Lipinski definition) is 4. The minimum atomic E-state index is 0.582. The average molecular weight is 629 g/mol. The molecule has 4 heteroatoms. The van der Waals surface area contributed by atoms with Crippen LogP contribution in [0.4, 0.5) is 17.1 Å². The summed E-state index contributed by atoms with van der Waals surface area (Å²) < 4.78 is 13.1. The summed E-state index contributed by atoms with van der Waals surface area (Å²) in [6.45, 7) is 0. The number of oxazole rings is 1. The van der Waals surface area contributed by atoms with Crippen LogP contribution in [0.1, 0.15) is 0 Å². The van der Waals surface area contributed by atoms with Gasteiger partial charge in [0.2, 0.25) is 5.89 Å². The quantitative estimate of drug-likeness (QED) is 0.190.